The lowest BCUT2D eigenvalue weighted by Gasteiger charge is -2.42. The molecule has 3 N–H and O–H groups in total. The Balaban J connectivity index is 1.85. The van der Waals surface area contributed by atoms with Gasteiger partial charge in [-0.2, -0.15) is 4.31 Å². The summed E-state index contributed by atoms with van der Waals surface area (Å²) in [5.74, 6) is -0.791. The Hall–Kier alpha value is -1.97. The molecule has 0 radical (unpaired) electrons. The number of nitrogens with one attached hydrogen (secondary N) is 1. The predicted octanol–water partition coefficient (Wildman–Crippen LogP) is 0.815. The molecule has 29 heavy (non-hydrogen) atoms. The first-order valence-electron chi connectivity index (χ1n) is 10.1. The van der Waals surface area contributed by atoms with Gasteiger partial charge in [-0.1, -0.05) is 17.7 Å². The number of benzene rings is 1. The molecule has 160 valence electrons. The second-order valence-corrected chi connectivity index (χ2v) is 10.0. The molecule has 0 bridgehead atoms. The van der Waals surface area contributed by atoms with Crippen LogP contribution < -0.4 is 11.1 Å². The number of sulfonamides is 1. The van der Waals surface area contributed by atoms with Crippen LogP contribution in [0.5, 0.6) is 0 Å². The van der Waals surface area contributed by atoms with Gasteiger partial charge in [0.25, 0.3) is 11.8 Å². The molecule has 2 fully saturated rings. The van der Waals surface area contributed by atoms with Crippen molar-refractivity contribution in [2.45, 2.75) is 57.3 Å². The third kappa shape index (κ3) is 5.15. The van der Waals surface area contributed by atoms with Crippen LogP contribution in [0, 0.1) is 6.92 Å². The molecule has 1 atom stereocenters. The zero-order chi connectivity index (χ0) is 21.2. The maximum Gasteiger partial charge on any atom is 0.259 e. The average Bonchev–Trinajstić information content (AvgIpc) is 2.68. The minimum Gasteiger partial charge on any atom is -0.350 e. The summed E-state index contributed by atoms with van der Waals surface area (Å²) in [6.45, 7) is 2.46. The van der Waals surface area contributed by atoms with Crippen molar-refractivity contribution in [1.82, 2.24) is 14.5 Å². The summed E-state index contributed by atoms with van der Waals surface area (Å²) in [5, 5.41) is 2.96. The van der Waals surface area contributed by atoms with Crippen molar-refractivity contribution >= 4 is 21.8 Å². The van der Waals surface area contributed by atoms with E-state index in [9.17, 15) is 18.0 Å². The van der Waals surface area contributed by atoms with Crippen LogP contribution in [0.1, 0.15) is 48.0 Å². The van der Waals surface area contributed by atoms with E-state index in [2.05, 4.69) is 5.32 Å². The number of amides is 2. The van der Waals surface area contributed by atoms with Crippen molar-refractivity contribution in [1.29, 1.82) is 0 Å². The van der Waals surface area contributed by atoms with E-state index in [0.717, 1.165) is 41.8 Å². The van der Waals surface area contributed by atoms with Crippen LogP contribution in [-0.4, -0.2) is 67.0 Å². The molecule has 0 spiro atoms. The van der Waals surface area contributed by atoms with Crippen LogP contribution in [0.3, 0.4) is 0 Å². The first-order chi connectivity index (χ1) is 13.7. The van der Waals surface area contributed by atoms with E-state index in [1.165, 1.54) is 4.90 Å². The third-order valence-corrected chi connectivity index (χ3v) is 6.92. The number of aryl methyl sites for hydroxylation is 1. The molecular weight excluding hydrogens is 392 g/mol. The van der Waals surface area contributed by atoms with Crippen molar-refractivity contribution in [3.8, 4) is 0 Å². The number of carbonyl (C=O) groups excluding carboxylic acids is 2. The standard InChI is InChI=1S/C20H30N4O4S/c1-14-4-6-15(7-5-14)20(26)23-12-3-13-24(29(2,27)28)19(23)18(25)22-17-10-8-16(21)9-11-17/h4-7,16-17,19H,3,8-13,21H2,1-2H3,(H,22,25). The molecule has 2 aliphatic rings. The van der Waals surface area contributed by atoms with Crippen LogP contribution in [0.4, 0.5) is 0 Å². The highest BCUT2D eigenvalue weighted by Gasteiger charge is 2.42. The topological polar surface area (TPSA) is 113 Å². The number of nitrogens with zero attached hydrogens (tertiary/aromatic N) is 2. The zero-order valence-corrected chi connectivity index (χ0v) is 17.8. The Morgan fingerprint density at radius 1 is 1.07 bits per heavy atom. The van der Waals surface area contributed by atoms with E-state index in [-0.39, 0.29) is 24.5 Å². The van der Waals surface area contributed by atoms with Gasteiger partial charge in [0.05, 0.1) is 6.26 Å². The Morgan fingerprint density at radius 2 is 1.69 bits per heavy atom. The lowest BCUT2D eigenvalue weighted by Crippen LogP contribution is -2.64. The van der Waals surface area contributed by atoms with Crippen molar-refractivity contribution in [3.05, 3.63) is 35.4 Å². The van der Waals surface area contributed by atoms with Crippen LogP contribution in [-0.2, 0) is 14.8 Å². The van der Waals surface area contributed by atoms with Crippen LogP contribution in [0.25, 0.3) is 0 Å². The smallest absolute Gasteiger partial charge is 0.259 e. The van der Waals surface area contributed by atoms with E-state index in [0.29, 0.717) is 18.5 Å². The van der Waals surface area contributed by atoms with E-state index in [4.69, 9.17) is 5.73 Å². The lowest BCUT2D eigenvalue weighted by atomic mass is 9.92. The van der Waals surface area contributed by atoms with E-state index in [1.807, 2.05) is 19.1 Å². The molecule has 3 rings (SSSR count). The van der Waals surface area contributed by atoms with Crippen molar-refractivity contribution in [2.24, 2.45) is 5.73 Å². The van der Waals surface area contributed by atoms with Crippen LogP contribution in [0.15, 0.2) is 24.3 Å². The highest BCUT2D eigenvalue weighted by Crippen LogP contribution is 2.23. The molecule has 1 saturated heterocycles. The predicted molar refractivity (Wildman–Crippen MR) is 111 cm³/mol. The molecule has 9 heteroatoms. The summed E-state index contributed by atoms with van der Waals surface area (Å²) in [4.78, 5) is 27.7. The molecule has 1 heterocycles. The first kappa shape index (κ1) is 21.7. The monoisotopic (exact) mass is 422 g/mol. The summed E-state index contributed by atoms with van der Waals surface area (Å²) in [6.07, 6.45) is 3.52. The molecule has 0 aromatic heterocycles. The zero-order valence-electron chi connectivity index (χ0n) is 17.0. The van der Waals surface area contributed by atoms with Gasteiger partial charge >= 0.3 is 0 Å². The van der Waals surface area contributed by atoms with Crippen LogP contribution >= 0.6 is 0 Å². The van der Waals surface area contributed by atoms with E-state index in [1.54, 1.807) is 12.1 Å². The molecule has 1 aromatic carbocycles. The van der Waals surface area contributed by atoms with Gasteiger partial charge in [-0.15, -0.1) is 0 Å². The summed E-state index contributed by atoms with van der Waals surface area (Å²) < 4.78 is 25.9. The van der Waals surface area contributed by atoms with Gasteiger partial charge in [0, 0.05) is 30.7 Å². The fourth-order valence-corrected chi connectivity index (χ4v) is 5.06. The fraction of sp³-hybridized carbons (Fsp3) is 0.600. The normalized spacial score (nSPS) is 26.2. The molecule has 1 saturated carbocycles. The second kappa shape index (κ2) is 8.81. The maximum atomic E-state index is 13.2. The molecule has 8 nitrogen and oxygen atoms in total. The quantitative estimate of drug-likeness (QED) is 0.746. The number of carbonyl (C=O) groups is 2. The minimum atomic E-state index is -3.67. The molecule has 1 unspecified atom stereocenters. The van der Waals surface area contributed by atoms with Gasteiger partial charge < -0.3 is 16.0 Å². The first-order valence-corrected chi connectivity index (χ1v) is 11.9. The number of rotatable bonds is 4. The van der Waals surface area contributed by atoms with Crippen molar-refractivity contribution in [3.63, 3.8) is 0 Å². The fourth-order valence-electron chi connectivity index (χ4n) is 4.03. The Kier molecular flexibility index (Phi) is 6.60. The molecular formula is C20H30N4O4S. The highest BCUT2D eigenvalue weighted by atomic mass is 32.2. The van der Waals surface area contributed by atoms with Crippen molar-refractivity contribution in [2.75, 3.05) is 19.3 Å². The van der Waals surface area contributed by atoms with Gasteiger partial charge in [0.2, 0.25) is 10.0 Å². The van der Waals surface area contributed by atoms with E-state index < -0.39 is 22.1 Å². The number of nitrogens with two attached hydrogens (primary N) is 1. The Labute approximate surface area is 172 Å². The Bertz CT molecular complexity index is 848. The SMILES string of the molecule is Cc1ccc(C(=O)N2CCCN(S(C)(=O)=O)C2C(=O)NC2CCC(N)CC2)cc1. The largest absolute Gasteiger partial charge is 0.350 e. The summed E-state index contributed by atoms with van der Waals surface area (Å²) >= 11 is 0. The summed E-state index contributed by atoms with van der Waals surface area (Å²) in [6, 6.07) is 7.15. The van der Waals surface area contributed by atoms with Gasteiger partial charge in [0.1, 0.15) is 0 Å². The average molecular weight is 423 g/mol. The minimum absolute atomic E-state index is 0.0537. The molecule has 2 amide bonds. The summed E-state index contributed by atoms with van der Waals surface area (Å²) in [7, 11) is -3.67. The van der Waals surface area contributed by atoms with Crippen LogP contribution in [0.2, 0.25) is 0 Å². The van der Waals surface area contributed by atoms with Gasteiger partial charge in [-0.25, -0.2) is 8.42 Å². The Morgan fingerprint density at radius 3 is 2.28 bits per heavy atom. The van der Waals surface area contributed by atoms with Gasteiger partial charge in [-0.05, 0) is 51.2 Å². The van der Waals surface area contributed by atoms with Gasteiger partial charge in [-0.3, -0.25) is 9.59 Å². The molecule has 1 aliphatic carbocycles. The number of hydrogen-bond donors (Lipinski definition) is 2. The number of hydrogen-bond acceptors (Lipinski definition) is 5. The maximum absolute atomic E-state index is 13.2. The summed E-state index contributed by atoms with van der Waals surface area (Å²) in [5.41, 5.74) is 7.39. The van der Waals surface area contributed by atoms with Gasteiger partial charge in [0.15, 0.2) is 6.17 Å². The lowest BCUT2D eigenvalue weighted by molar-refractivity contribution is -0.131. The third-order valence-electron chi connectivity index (χ3n) is 5.68. The molecule has 1 aliphatic heterocycles. The second-order valence-electron chi connectivity index (χ2n) is 8.09. The van der Waals surface area contributed by atoms with Crippen molar-refractivity contribution < 1.29 is 18.0 Å². The molecule has 1 aromatic rings. The van der Waals surface area contributed by atoms with E-state index >= 15 is 0 Å². The highest BCUT2D eigenvalue weighted by molar-refractivity contribution is 7.88.